The molecule has 1 N–H and O–H groups in total. The number of nitro benzene ring substituents is 1. The largest absolute Gasteiger partial charge is 0.369 e. The van der Waals surface area contributed by atoms with Gasteiger partial charge in [-0.2, -0.15) is 4.39 Å². The predicted molar refractivity (Wildman–Crippen MR) is 62.8 cm³/mol. The number of nitrogens with one attached hydrogen (secondary N) is 1. The number of nitrogens with zero attached hydrogens (tertiary/aromatic N) is 1. The highest BCUT2D eigenvalue weighted by molar-refractivity contribution is 5.91. The highest BCUT2D eigenvalue weighted by atomic mass is 19.1. The van der Waals surface area contributed by atoms with Crippen LogP contribution in [0.15, 0.2) is 18.2 Å². The van der Waals surface area contributed by atoms with Gasteiger partial charge in [-0.25, -0.2) is 0 Å². The van der Waals surface area contributed by atoms with Crippen LogP contribution in [0.2, 0.25) is 0 Å². The van der Waals surface area contributed by atoms with Gasteiger partial charge in [-0.3, -0.25) is 14.9 Å². The zero-order chi connectivity index (χ0) is 13.7. The lowest BCUT2D eigenvalue weighted by Gasteiger charge is -2.08. The number of nitro groups is 1. The van der Waals surface area contributed by atoms with Gasteiger partial charge < -0.3 is 10.1 Å². The monoisotopic (exact) mass is 256 g/mol. The van der Waals surface area contributed by atoms with Gasteiger partial charge in [0.2, 0.25) is 11.7 Å². The van der Waals surface area contributed by atoms with Gasteiger partial charge in [0.1, 0.15) is 6.61 Å². The van der Waals surface area contributed by atoms with Crippen LogP contribution in [0.5, 0.6) is 0 Å². The first-order chi connectivity index (χ1) is 8.40. The van der Waals surface area contributed by atoms with Crippen molar-refractivity contribution in [3.63, 3.8) is 0 Å². The van der Waals surface area contributed by atoms with Gasteiger partial charge in [-0.1, -0.05) is 0 Å². The van der Waals surface area contributed by atoms with Crippen LogP contribution in [0.3, 0.4) is 0 Å². The van der Waals surface area contributed by atoms with E-state index in [1.807, 2.05) is 0 Å². The summed E-state index contributed by atoms with van der Waals surface area (Å²) in [6.07, 6.45) is -0.0932. The molecule has 1 rings (SSSR count). The van der Waals surface area contributed by atoms with E-state index in [9.17, 15) is 19.3 Å². The Labute approximate surface area is 103 Å². The smallest absolute Gasteiger partial charge is 0.304 e. The minimum absolute atomic E-state index is 0.0932. The number of halogens is 1. The summed E-state index contributed by atoms with van der Waals surface area (Å²) in [4.78, 5) is 20.9. The molecule has 0 bridgehead atoms. The SMILES string of the molecule is CC(C)OCC(=O)Nc1ccc([N+](=O)[O-])c(F)c1. The normalized spacial score (nSPS) is 10.4. The van der Waals surface area contributed by atoms with Gasteiger partial charge >= 0.3 is 5.69 Å². The molecule has 0 atom stereocenters. The molecule has 0 heterocycles. The van der Waals surface area contributed by atoms with Crippen molar-refractivity contribution in [2.45, 2.75) is 20.0 Å². The van der Waals surface area contributed by atoms with Crippen molar-refractivity contribution in [2.24, 2.45) is 0 Å². The third-order valence-electron chi connectivity index (χ3n) is 1.98. The molecule has 0 aliphatic carbocycles. The fourth-order valence-electron chi connectivity index (χ4n) is 1.17. The van der Waals surface area contributed by atoms with Crippen LogP contribution in [0.25, 0.3) is 0 Å². The van der Waals surface area contributed by atoms with E-state index in [0.717, 1.165) is 12.1 Å². The minimum atomic E-state index is -0.998. The lowest BCUT2D eigenvalue weighted by Crippen LogP contribution is -2.20. The summed E-state index contributed by atoms with van der Waals surface area (Å²) in [5.41, 5.74) is -0.484. The van der Waals surface area contributed by atoms with E-state index in [1.54, 1.807) is 13.8 Å². The fraction of sp³-hybridized carbons (Fsp3) is 0.364. The Kier molecular flexibility index (Phi) is 4.73. The summed E-state index contributed by atoms with van der Waals surface area (Å²) in [5, 5.41) is 12.8. The highest BCUT2D eigenvalue weighted by Crippen LogP contribution is 2.20. The molecule has 0 radical (unpaired) electrons. The number of ether oxygens (including phenoxy) is 1. The number of amides is 1. The molecule has 0 aromatic heterocycles. The topological polar surface area (TPSA) is 81.5 Å². The molecule has 0 fully saturated rings. The molecule has 18 heavy (non-hydrogen) atoms. The maximum absolute atomic E-state index is 13.2. The Morgan fingerprint density at radius 2 is 2.22 bits per heavy atom. The van der Waals surface area contributed by atoms with Crippen molar-refractivity contribution in [1.82, 2.24) is 0 Å². The molecule has 98 valence electrons. The molecule has 0 aliphatic rings. The first-order valence-corrected chi connectivity index (χ1v) is 5.25. The predicted octanol–water partition coefficient (Wildman–Crippen LogP) is 2.10. The van der Waals surface area contributed by atoms with Crippen molar-refractivity contribution >= 4 is 17.3 Å². The Morgan fingerprint density at radius 3 is 2.72 bits per heavy atom. The van der Waals surface area contributed by atoms with Crippen LogP contribution < -0.4 is 5.32 Å². The standard InChI is InChI=1S/C11H13FN2O4/c1-7(2)18-6-11(15)13-8-3-4-10(14(16)17)9(12)5-8/h3-5,7H,6H2,1-2H3,(H,13,15). The first kappa shape index (κ1) is 14.0. The molecule has 0 saturated carbocycles. The van der Waals surface area contributed by atoms with Crippen LogP contribution in [0.1, 0.15) is 13.8 Å². The molecule has 6 nitrogen and oxygen atoms in total. The molecule has 7 heteroatoms. The average molecular weight is 256 g/mol. The lowest BCUT2D eigenvalue weighted by molar-refractivity contribution is -0.387. The van der Waals surface area contributed by atoms with E-state index >= 15 is 0 Å². The fourth-order valence-corrected chi connectivity index (χ4v) is 1.17. The molecule has 1 amide bonds. The Balaban J connectivity index is 2.66. The van der Waals surface area contributed by atoms with Gasteiger partial charge in [-0.15, -0.1) is 0 Å². The highest BCUT2D eigenvalue weighted by Gasteiger charge is 2.14. The van der Waals surface area contributed by atoms with Crippen LogP contribution in [-0.4, -0.2) is 23.5 Å². The zero-order valence-corrected chi connectivity index (χ0v) is 9.97. The summed E-state index contributed by atoms with van der Waals surface area (Å²) < 4.78 is 18.3. The molecule has 0 saturated heterocycles. The van der Waals surface area contributed by atoms with Crippen molar-refractivity contribution in [1.29, 1.82) is 0 Å². The van der Waals surface area contributed by atoms with Crippen LogP contribution >= 0.6 is 0 Å². The molecule has 0 spiro atoms. The van der Waals surface area contributed by atoms with E-state index in [4.69, 9.17) is 4.74 Å². The van der Waals surface area contributed by atoms with E-state index in [1.165, 1.54) is 6.07 Å². The van der Waals surface area contributed by atoms with E-state index in [-0.39, 0.29) is 18.4 Å². The number of hydrogen-bond donors (Lipinski definition) is 1. The van der Waals surface area contributed by atoms with Crippen LogP contribution in [-0.2, 0) is 9.53 Å². The Morgan fingerprint density at radius 1 is 1.56 bits per heavy atom. The Hall–Kier alpha value is -2.02. The lowest BCUT2D eigenvalue weighted by atomic mass is 10.2. The van der Waals surface area contributed by atoms with Gasteiger partial charge in [0.15, 0.2) is 0 Å². The van der Waals surface area contributed by atoms with Crippen LogP contribution in [0.4, 0.5) is 15.8 Å². The van der Waals surface area contributed by atoms with Crippen molar-refractivity contribution < 1.29 is 18.8 Å². The Bertz CT molecular complexity index is 462. The molecular formula is C11H13FN2O4. The van der Waals surface area contributed by atoms with Crippen molar-refractivity contribution in [2.75, 3.05) is 11.9 Å². The number of hydrogen-bond acceptors (Lipinski definition) is 4. The molecule has 1 aromatic rings. The first-order valence-electron chi connectivity index (χ1n) is 5.25. The quantitative estimate of drug-likeness (QED) is 0.646. The number of carbonyl (C=O) groups is 1. The van der Waals surface area contributed by atoms with Crippen molar-refractivity contribution in [3.05, 3.63) is 34.1 Å². The number of carbonyl (C=O) groups excluding carboxylic acids is 1. The number of rotatable bonds is 5. The zero-order valence-electron chi connectivity index (χ0n) is 9.97. The molecule has 0 unspecified atom stereocenters. The van der Waals surface area contributed by atoms with Crippen LogP contribution in [0, 0.1) is 15.9 Å². The second kappa shape index (κ2) is 6.06. The van der Waals surface area contributed by atoms with Gasteiger partial charge in [0.05, 0.1) is 11.0 Å². The van der Waals surface area contributed by atoms with E-state index < -0.39 is 22.3 Å². The molecule has 0 aliphatic heterocycles. The second-order valence-corrected chi connectivity index (χ2v) is 3.83. The molecular weight excluding hydrogens is 243 g/mol. The second-order valence-electron chi connectivity index (χ2n) is 3.83. The maximum Gasteiger partial charge on any atom is 0.304 e. The number of benzene rings is 1. The number of anilines is 1. The molecule has 1 aromatic carbocycles. The van der Waals surface area contributed by atoms with E-state index in [2.05, 4.69) is 5.32 Å². The summed E-state index contributed by atoms with van der Waals surface area (Å²) in [5.74, 6) is -1.44. The minimum Gasteiger partial charge on any atom is -0.369 e. The van der Waals surface area contributed by atoms with Crippen molar-refractivity contribution in [3.8, 4) is 0 Å². The maximum atomic E-state index is 13.2. The van der Waals surface area contributed by atoms with Gasteiger partial charge in [0, 0.05) is 17.8 Å². The average Bonchev–Trinajstić information content (AvgIpc) is 2.26. The summed E-state index contributed by atoms with van der Waals surface area (Å²) in [6.45, 7) is 3.40. The van der Waals surface area contributed by atoms with E-state index in [0.29, 0.717) is 0 Å². The third kappa shape index (κ3) is 4.10. The summed E-state index contributed by atoms with van der Waals surface area (Å²) >= 11 is 0. The summed E-state index contributed by atoms with van der Waals surface area (Å²) in [6, 6.07) is 3.15. The third-order valence-corrected chi connectivity index (χ3v) is 1.98. The van der Waals surface area contributed by atoms with Gasteiger partial charge in [0.25, 0.3) is 0 Å². The van der Waals surface area contributed by atoms with Gasteiger partial charge in [-0.05, 0) is 19.9 Å². The summed E-state index contributed by atoms with van der Waals surface area (Å²) in [7, 11) is 0.